The van der Waals surface area contributed by atoms with E-state index in [9.17, 15) is 9.59 Å². The zero-order valence-corrected chi connectivity index (χ0v) is 6.87. The van der Waals surface area contributed by atoms with Crippen molar-refractivity contribution >= 4 is 11.9 Å². The van der Waals surface area contributed by atoms with Crippen molar-refractivity contribution in [1.29, 1.82) is 0 Å². The van der Waals surface area contributed by atoms with Gasteiger partial charge in [0, 0.05) is 0 Å². The molecule has 3 amide bonds. The molecule has 1 fully saturated rings. The van der Waals surface area contributed by atoms with Crippen molar-refractivity contribution in [2.24, 2.45) is 5.73 Å². The number of nitrogens with two attached hydrogens (primary N) is 1. The summed E-state index contributed by atoms with van der Waals surface area (Å²) in [4.78, 5) is 21.3. The fourth-order valence-electron chi connectivity index (χ4n) is 1.20. The first-order valence-corrected chi connectivity index (χ1v) is 3.85. The molecule has 0 aromatic heterocycles. The predicted molar refractivity (Wildman–Crippen MR) is 41.3 cm³/mol. The van der Waals surface area contributed by atoms with E-state index in [1.807, 2.05) is 12.2 Å². The van der Waals surface area contributed by atoms with Crippen molar-refractivity contribution in [3.05, 3.63) is 0 Å². The number of carbonyl (C=O) groups excluding carboxylic acids is 2. The molecule has 3 N–H and O–H groups in total. The van der Waals surface area contributed by atoms with E-state index in [1.54, 1.807) is 0 Å². The SMILES string of the molecule is CC1CCC(C(=O)NC(N)=O)O1. The zero-order chi connectivity index (χ0) is 9.14. The highest BCUT2D eigenvalue weighted by atomic mass is 16.5. The Labute approximate surface area is 70.2 Å². The summed E-state index contributed by atoms with van der Waals surface area (Å²) in [5.74, 6) is -0.438. The number of hydrogen-bond acceptors (Lipinski definition) is 3. The summed E-state index contributed by atoms with van der Waals surface area (Å²) < 4.78 is 5.20. The average Bonchev–Trinajstić information content (AvgIpc) is 2.34. The molecule has 2 unspecified atom stereocenters. The van der Waals surface area contributed by atoms with Gasteiger partial charge >= 0.3 is 6.03 Å². The van der Waals surface area contributed by atoms with Crippen molar-refractivity contribution in [3.8, 4) is 0 Å². The molecule has 5 nitrogen and oxygen atoms in total. The third kappa shape index (κ3) is 2.20. The second kappa shape index (κ2) is 3.53. The highest BCUT2D eigenvalue weighted by Crippen LogP contribution is 2.18. The highest BCUT2D eigenvalue weighted by molar-refractivity contribution is 5.95. The molecular weight excluding hydrogens is 160 g/mol. The Hall–Kier alpha value is -1.10. The van der Waals surface area contributed by atoms with Gasteiger partial charge in [0.15, 0.2) is 0 Å². The standard InChI is InChI=1S/C7H12N2O3/c1-4-2-3-5(12-4)6(10)9-7(8)11/h4-5H,2-3H2,1H3,(H3,8,9,10,11). The summed E-state index contributed by atoms with van der Waals surface area (Å²) in [5.41, 5.74) is 4.77. The van der Waals surface area contributed by atoms with Gasteiger partial charge in [0.2, 0.25) is 0 Å². The van der Waals surface area contributed by atoms with Gasteiger partial charge < -0.3 is 10.5 Å². The predicted octanol–water partition coefficient (Wildman–Crippen LogP) is -0.251. The lowest BCUT2D eigenvalue weighted by Crippen LogP contribution is -2.41. The van der Waals surface area contributed by atoms with E-state index < -0.39 is 18.0 Å². The lowest BCUT2D eigenvalue weighted by molar-refractivity contribution is -0.130. The van der Waals surface area contributed by atoms with Crippen LogP contribution >= 0.6 is 0 Å². The summed E-state index contributed by atoms with van der Waals surface area (Å²) in [6.45, 7) is 1.89. The zero-order valence-electron chi connectivity index (χ0n) is 6.87. The van der Waals surface area contributed by atoms with Crippen LogP contribution in [0.4, 0.5) is 4.79 Å². The number of ether oxygens (including phenoxy) is 1. The van der Waals surface area contributed by atoms with Gasteiger partial charge in [-0.3, -0.25) is 10.1 Å². The molecule has 1 heterocycles. The molecule has 1 aliphatic rings. The molecule has 2 atom stereocenters. The fourth-order valence-corrected chi connectivity index (χ4v) is 1.20. The molecule has 1 aliphatic heterocycles. The van der Waals surface area contributed by atoms with Crippen LogP contribution in [0.5, 0.6) is 0 Å². The summed E-state index contributed by atoms with van der Waals surface area (Å²) in [5, 5.41) is 1.98. The summed E-state index contributed by atoms with van der Waals surface area (Å²) in [6.07, 6.45) is 1.08. The van der Waals surface area contributed by atoms with Gasteiger partial charge in [0.1, 0.15) is 6.10 Å². The maximum absolute atomic E-state index is 11.1. The van der Waals surface area contributed by atoms with Crippen LogP contribution in [-0.2, 0) is 9.53 Å². The summed E-state index contributed by atoms with van der Waals surface area (Å²) in [6, 6.07) is -0.830. The van der Waals surface area contributed by atoms with Crippen LogP contribution in [0.1, 0.15) is 19.8 Å². The molecular formula is C7H12N2O3. The quantitative estimate of drug-likeness (QED) is 0.572. The van der Waals surface area contributed by atoms with Gasteiger partial charge in [-0.05, 0) is 19.8 Å². The molecule has 12 heavy (non-hydrogen) atoms. The first-order chi connectivity index (χ1) is 5.59. The topological polar surface area (TPSA) is 81.4 Å². The molecule has 68 valence electrons. The van der Waals surface area contributed by atoms with Gasteiger partial charge in [-0.25, -0.2) is 4.79 Å². The molecule has 0 spiro atoms. The number of rotatable bonds is 1. The van der Waals surface area contributed by atoms with Gasteiger partial charge in [-0.15, -0.1) is 0 Å². The Morgan fingerprint density at radius 1 is 1.50 bits per heavy atom. The number of primary amides is 1. The first kappa shape index (κ1) is 8.99. The van der Waals surface area contributed by atoms with E-state index in [4.69, 9.17) is 10.5 Å². The largest absolute Gasteiger partial charge is 0.365 e. The van der Waals surface area contributed by atoms with Crippen LogP contribution in [0, 0.1) is 0 Å². The van der Waals surface area contributed by atoms with Crippen molar-refractivity contribution < 1.29 is 14.3 Å². The number of carbonyl (C=O) groups is 2. The van der Waals surface area contributed by atoms with Crippen molar-refractivity contribution in [1.82, 2.24) is 5.32 Å². The molecule has 0 aromatic rings. The van der Waals surface area contributed by atoms with Crippen molar-refractivity contribution in [2.75, 3.05) is 0 Å². The Morgan fingerprint density at radius 3 is 2.58 bits per heavy atom. The molecule has 1 rings (SSSR count). The van der Waals surface area contributed by atoms with Crippen LogP contribution in [0.3, 0.4) is 0 Å². The lowest BCUT2D eigenvalue weighted by Gasteiger charge is -2.08. The van der Waals surface area contributed by atoms with Crippen molar-refractivity contribution in [3.63, 3.8) is 0 Å². The van der Waals surface area contributed by atoms with Crippen LogP contribution in [0.15, 0.2) is 0 Å². The van der Waals surface area contributed by atoms with Gasteiger partial charge in [-0.1, -0.05) is 0 Å². The minimum atomic E-state index is -0.830. The van der Waals surface area contributed by atoms with Gasteiger partial charge in [0.25, 0.3) is 5.91 Å². The third-order valence-corrected chi connectivity index (χ3v) is 1.77. The minimum absolute atomic E-state index is 0.0913. The van der Waals surface area contributed by atoms with Crippen LogP contribution < -0.4 is 11.1 Å². The maximum atomic E-state index is 11.1. The minimum Gasteiger partial charge on any atom is -0.365 e. The number of nitrogens with one attached hydrogen (secondary N) is 1. The van der Waals surface area contributed by atoms with Gasteiger partial charge in [0.05, 0.1) is 6.10 Å². The fraction of sp³-hybridized carbons (Fsp3) is 0.714. The summed E-state index contributed by atoms with van der Waals surface area (Å²) >= 11 is 0. The van der Waals surface area contributed by atoms with Crippen LogP contribution in [0.25, 0.3) is 0 Å². The Bertz CT molecular complexity index is 205. The number of imide groups is 1. The molecule has 0 bridgehead atoms. The van der Waals surface area contributed by atoms with Crippen molar-refractivity contribution in [2.45, 2.75) is 32.0 Å². The van der Waals surface area contributed by atoms with E-state index in [2.05, 4.69) is 0 Å². The molecule has 0 saturated carbocycles. The smallest absolute Gasteiger partial charge is 0.318 e. The third-order valence-electron chi connectivity index (χ3n) is 1.77. The normalized spacial score (nSPS) is 28.4. The van der Waals surface area contributed by atoms with E-state index in [-0.39, 0.29) is 6.10 Å². The van der Waals surface area contributed by atoms with E-state index >= 15 is 0 Å². The Morgan fingerprint density at radius 2 is 2.17 bits per heavy atom. The van der Waals surface area contributed by atoms with Crippen LogP contribution in [-0.4, -0.2) is 24.1 Å². The Balaban J connectivity index is 2.38. The monoisotopic (exact) mass is 172 g/mol. The number of amides is 3. The first-order valence-electron chi connectivity index (χ1n) is 3.85. The highest BCUT2D eigenvalue weighted by Gasteiger charge is 2.28. The lowest BCUT2D eigenvalue weighted by atomic mass is 10.2. The molecule has 0 aliphatic carbocycles. The van der Waals surface area contributed by atoms with E-state index in [0.717, 1.165) is 6.42 Å². The second-order valence-corrected chi connectivity index (χ2v) is 2.87. The summed E-state index contributed by atoms with van der Waals surface area (Å²) in [7, 11) is 0. The number of hydrogen-bond donors (Lipinski definition) is 2. The van der Waals surface area contributed by atoms with E-state index in [1.165, 1.54) is 0 Å². The second-order valence-electron chi connectivity index (χ2n) is 2.87. The molecule has 5 heteroatoms. The molecule has 0 aromatic carbocycles. The Kier molecular flexibility index (Phi) is 2.65. The molecule has 1 saturated heterocycles. The average molecular weight is 172 g/mol. The van der Waals surface area contributed by atoms with Gasteiger partial charge in [-0.2, -0.15) is 0 Å². The maximum Gasteiger partial charge on any atom is 0.318 e. The number of urea groups is 1. The van der Waals surface area contributed by atoms with Crippen LogP contribution in [0.2, 0.25) is 0 Å². The van der Waals surface area contributed by atoms with E-state index in [0.29, 0.717) is 6.42 Å². The molecule has 0 radical (unpaired) electrons.